The van der Waals surface area contributed by atoms with Crippen molar-refractivity contribution in [3.63, 3.8) is 0 Å². The number of carbonyl (C=O) groups excluding carboxylic acids is 1. The van der Waals surface area contributed by atoms with Crippen LogP contribution in [-0.2, 0) is 11.3 Å². The van der Waals surface area contributed by atoms with Gasteiger partial charge >= 0.3 is 5.97 Å². The molecular formula is C18H24N2O2. The zero-order valence-corrected chi connectivity index (χ0v) is 13.0. The number of hydrogen-bond donors (Lipinski definition) is 0. The second-order valence-electron chi connectivity index (χ2n) is 6.07. The van der Waals surface area contributed by atoms with Gasteiger partial charge < -0.3 is 4.74 Å². The van der Waals surface area contributed by atoms with Gasteiger partial charge in [0.05, 0.1) is 11.7 Å². The summed E-state index contributed by atoms with van der Waals surface area (Å²) in [5, 5.41) is 0. The molecule has 2 aliphatic rings. The first-order valence-electron chi connectivity index (χ1n) is 8.13. The fourth-order valence-electron chi connectivity index (χ4n) is 3.49. The SMILES string of the molecule is C=CCOC(=O)c1ccc(CN2CCCN3CCCC32)cc1. The maximum Gasteiger partial charge on any atom is 0.338 e. The summed E-state index contributed by atoms with van der Waals surface area (Å²) >= 11 is 0. The van der Waals surface area contributed by atoms with Gasteiger partial charge in [-0.25, -0.2) is 4.79 Å². The van der Waals surface area contributed by atoms with Gasteiger partial charge in [0, 0.05) is 19.6 Å². The lowest BCUT2D eigenvalue weighted by atomic mass is 10.1. The molecule has 4 nitrogen and oxygen atoms in total. The molecule has 22 heavy (non-hydrogen) atoms. The van der Waals surface area contributed by atoms with Gasteiger partial charge in [0.25, 0.3) is 0 Å². The average Bonchev–Trinajstić information content (AvgIpc) is 3.03. The number of rotatable bonds is 5. The zero-order valence-electron chi connectivity index (χ0n) is 13.0. The predicted molar refractivity (Wildman–Crippen MR) is 86.5 cm³/mol. The summed E-state index contributed by atoms with van der Waals surface area (Å²) in [5.74, 6) is -0.286. The molecule has 0 aliphatic carbocycles. The third kappa shape index (κ3) is 3.39. The monoisotopic (exact) mass is 300 g/mol. The van der Waals surface area contributed by atoms with E-state index in [-0.39, 0.29) is 12.6 Å². The van der Waals surface area contributed by atoms with E-state index in [9.17, 15) is 4.79 Å². The van der Waals surface area contributed by atoms with E-state index in [4.69, 9.17) is 4.74 Å². The minimum atomic E-state index is -0.286. The Morgan fingerprint density at radius 2 is 2.00 bits per heavy atom. The summed E-state index contributed by atoms with van der Waals surface area (Å²) in [6, 6.07) is 7.80. The van der Waals surface area contributed by atoms with E-state index in [1.54, 1.807) is 6.08 Å². The van der Waals surface area contributed by atoms with Gasteiger partial charge in [-0.15, -0.1) is 0 Å². The summed E-state index contributed by atoms with van der Waals surface area (Å²) in [6.07, 6.45) is 6.05. The van der Waals surface area contributed by atoms with Crippen molar-refractivity contribution in [3.8, 4) is 0 Å². The second-order valence-corrected chi connectivity index (χ2v) is 6.07. The van der Waals surface area contributed by atoms with Gasteiger partial charge in [0.15, 0.2) is 0 Å². The van der Waals surface area contributed by atoms with Crippen molar-refractivity contribution < 1.29 is 9.53 Å². The topological polar surface area (TPSA) is 32.8 Å². The molecule has 1 aromatic carbocycles. The molecule has 0 N–H and O–H groups in total. The highest BCUT2D eigenvalue weighted by Crippen LogP contribution is 2.26. The van der Waals surface area contributed by atoms with Crippen molar-refractivity contribution in [2.45, 2.75) is 32.0 Å². The molecule has 0 saturated carbocycles. The van der Waals surface area contributed by atoms with Crippen LogP contribution in [0.5, 0.6) is 0 Å². The normalized spacial score (nSPS) is 22.3. The Kier molecular flexibility index (Phi) is 4.90. The standard InChI is InChI=1S/C18H24N2O2/c1-2-13-22-18(21)16-8-6-15(7-9-16)14-20-12-4-11-19-10-3-5-17(19)20/h2,6-9,17H,1,3-5,10-14H2. The zero-order chi connectivity index (χ0) is 15.4. The van der Waals surface area contributed by atoms with E-state index in [0.717, 1.165) is 6.54 Å². The number of fused-ring (bicyclic) bond motifs is 1. The summed E-state index contributed by atoms with van der Waals surface area (Å²) in [5.41, 5.74) is 1.86. The molecule has 0 aromatic heterocycles. The predicted octanol–water partition coefficient (Wildman–Crippen LogP) is 2.66. The number of nitrogens with zero attached hydrogens (tertiary/aromatic N) is 2. The maximum absolute atomic E-state index is 11.8. The molecule has 3 rings (SSSR count). The molecule has 1 atom stereocenters. The lowest BCUT2D eigenvalue weighted by Crippen LogP contribution is -2.49. The molecule has 1 aromatic rings. The second kappa shape index (κ2) is 7.07. The maximum atomic E-state index is 11.8. The van der Waals surface area contributed by atoms with Crippen LogP contribution < -0.4 is 0 Å². The molecule has 2 aliphatic heterocycles. The Morgan fingerprint density at radius 1 is 1.23 bits per heavy atom. The molecule has 0 radical (unpaired) electrons. The van der Waals surface area contributed by atoms with Gasteiger partial charge in [0.2, 0.25) is 0 Å². The van der Waals surface area contributed by atoms with Gasteiger partial charge in [-0.2, -0.15) is 0 Å². The fraction of sp³-hybridized carbons (Fsp3) is 0.500. The Balaban J connectivity index is 1.61. The van der Waals surface area contributed by atoms with Crippen molar-refractivity contribution in [2.75, 3.05) is 26.2 Å². The lowest BCUT2D eigenvalue weighted by molar-refractivity contribution is 0.0286. The number of benzene rings is 1. The van der Waals surface area contributed by atoms with Crippen LogP contribution in [-0.4, -0.2) is 48.2 Å². The van der Waals surface area contributed by atoms with Crippen molar-refractivity contribution in [1.29, 1.82) is 0 Å². The Morgan fingerprint density at radius 3 is 2.77 bits per heavy atom. The molecule has 2 fully saturated rings. The van der Waals surface area contributed by atoms with Crippen molar-refractivity contribution in [1.82, 2.24) is 9.80 Å². The molecule has 0 spiro atoms. The Hall–Kier alpha value is -1.65. The molecule has 4 heteroatoms. The van der Waals surface area contributed by atoms with Crippen LogP contribution in [0.2, 0.25) is 0 Å². The van der Waals surface area contributed by atoms with E-state index in [1.165, 1.54) is 44.5 Å². The van der Waals surface area contributed by atoms with E-state index in [0.29, 0.717) is 11.7 Å². The number of ether oxygens (including phenoxy) is 1. The molecule has 0 amide bonds. The average molecular weight is 300 g/mol. The van der Waals surface area contributed by atoms with Crippen LogP contribution in [0.4, 0.5) is 0 Å². The highest BCUT2D eigenvalue weighted by atomic mass is 16.5. The highest BCUT2D eigenvalue weighted by Gasteiger charge is 2.32. The molecule has 1 unspecified atom stereocenters. The van der Waals surface area contributed by atoms with E-state index < -0.39 is 0 Å². The van der Waals surface area contributed by atoms with Crippen LogP contribution in [0, 0.1) is 0 Å². The first kappa shape index (κ1) is 15.3. The summed E-state index contributed by atoms with van der Waals surface area (Å²) in [4.78, 5) is 16.9. The highest BCUT2D eigenvalue weighted by molar-refractivity contribution is 5.89. The minimum absolute atomic E-state index is 0.256. The first-order chi connectivity index (χ1) is 10.8. The number of esters is 1. The van der Waals surface area contributed by atoms with Gasteiger partial charge in [-0.1, -0.05) is 24.8 Å². The Bertz CT molecular complexity index is 526. The smallest absolute Gasteiger partial charge is 0.338 e. The summed E-state index contributed by atoms with van der Waals surface area (Å²) in [7, 11) is 0. The summed E-state index contributed by atoms with van der Waals surface area (Å²) in [6.45, 7) is 8.42. The van der Waals surface area contributed by atoms with Crippen LogP contribution >= 0.6 is 0 Å². The minimum Gasteiger partial charge on any atom is -0.458 e. The quantitative estimate of drug-likeness (QED) is 0.618. The van der Waals surface area contributed by atoms with Crippen molar-refractivity contribution in [2.24, 2.45) is 0 Å². The number of carbonyl (C=O) groups is 1. The third-order valence-electron chi connectivity index (χ3n) is 4.55. The van der Waals surface area contributed by atoms with Gasteiger partial charge in [-0.3, -0.25) is 9.80 Å². The molecule has 0 bridgehead atoms. The third-order valence-corrected chi connectivity index (χ3v) is 4.55. The van der Waals surface area contributed by atoms with Crippen LogP contribution in [0.1, 0.15) is 35.2 Å². The number of hydrogen-bond acceptors (Lipinski definition) is 4. The van der Waals surface area contributed by atoms with E-state index in [2.05, 4.69) is 16.4 Å². The van der Waals surface area contributed by atoms with E-state index in [1.807, 2.05) is 24.3 Å². The van der Waals surface area contributed by atoms with Gasteiger partial charge in [-0.05, 0) is 43.5 Å². The van der Waals surface area contributed by atoms with Crippen LogP contribution in [0.15, 0.2) is 36.9 Å². The van der Waals surface area contributed by atoms with Crippen molar-refractivity contribution >= 4 is 5.97 Å². The largest absolute Gasteiger partial charge is 0.458 e. The fourth-order valence-corrected chi connectivity index (χ4v) is 3.49. The first-order valence-corrected chi connectivity index (χ1v) is 8.13. The van der Waals surface area contributed by atoms with Crippen molar-refractivity contribution in [3.05, 3.63) is 48.0 Å². The molecule has 2 saturated heterocycles. The Labute approximate surface area is 132 Å². The molecule has 2 heterocycles. The van der Waals surface area contributed by atoms with E-state index >= 15 is 0 Å². The van der Waals surface area contributed by atoms with Gasteiger partial charge in [0.1, 0.15) is 6.61 Å². The summed E-state index contributed by atoms with van der Waals surface area (Å²) < 4.78 is 5.05. The molecule has 118 valence electrons. The molecular weight excluding hydrogens is 276 g/mol. The van der Waals surface area contributed by atoms with Crippen LogP contribution in [0.3, 0.4) is 0 Å². The lowest BCUT2D eigenvalue weighted by Gasteiger charge is -2.40. The van der Waals surface area contributed by atoms with Crippen LogP contribution in [0.25, 0.3) is 0 Å².